The Morgan fingerprint density at radius 2 is 1.80 bits per heavy atom. The molecular weight excluding hydrogens is 144 g/mol. The van der Waals surface area contributed by atoms with Gasteiger partial charge < -0.3 is 0 Å². The Bertz CT molecular complexity index is 140. The van der Waals surface area contributed by atoms with Gasteiger partial charge in [-0.1, -0.05) is 13.8 Å². The van der Waals surface area contributed by atoms with Crippen LogP contribution in [0.2, 0.25) is 0 Å². The first kappa shape index (κ1) is 6.97. The highest BCUT2D eigenvalue weighted by molar-refractivity contribution is 6.18. The number of rotatable bonds is 2. The average Bonchev–Trinajstić information content (AvgIpc) is 1.57. The second-order valence-corrected chi connectivity index (χ2v) is 4.95. The molecule has 0 radical (unpaired) electrons. The smallest absolute Gasteiger partial charge is 0.0280 e. The minimum absolute atomic E-state index is 0.617. The van der Waals surface area contributed by atoms with Crippen LogP contribution >= 0.6 is 11.6 Å². The van der Waals surface area contributed by atoms with Crippen LogP contribution in [0.4, 0.5) is 0 Å². The fraction of sp³-hybridized carbons (Fsp3) is 1.00. The average molecular weight is 159 g/mol. The maximum absolute atomic E-state index is 5.85. The van der Waals surface area contributed by atoms with Crippen LogP contribution in [0, 0.1) is 16.7 Å². The minimum atomic E-state index is 0.617. The molecule has 3 fully saturated rings. The molecule has 0 amide bonds. The molecule has 0 heterocycles. The number of hydrogen-bond acceptors (Lipinski definition) is 0. The Balaban J connectivity index is 1.98. The van der Waals surface area contributed by atoms with E-state index in [2.05, 4.69) is 13.8 Å². The van der Waals surface area contributed by atoms with Gasteiger partial charge in [-0.3, -0.25) is 0 Å². The summed E-state index contributed by atoms with van der Waals surface area (Å²) >= 11 is 5.85. The molecule has 0 N–H and O–H groups in total. The first-order valence-corrected chi connectivity index (χ1v) is 4.72. The molecule has 3 aliphatic carbocycles. The van der Waals surface area contributed by atoms with E-state index in [-0.39, 0.29) is 0 Å². The molecule has 10 heavy (non-hydrogen) atoms. The van der Waals surface area contributed by atoms with Gasteiger partial charge in [0.25, 0.3) is 0 Å². The summed E-state index contributed by atoms with van der Waals surface area (Å²) in [7, 11) is 0. The Morgan fingerprint density at radius 1 is 1.30 bits per heavy atom. The summed E-state index contributed by atoms with van der Waals surface area (Å²) in [5.74, 6) is 1.79. The lowest BCUT2D eigenvalue weighted by Crippen LogP contribution is -2.64. The van der Waals surface area contributed by atoms with Crippen molar-refractivity contribution in [1.82, 2.24) is 0 Å². The normalized spacial score (nSPS) is 50.4. The van der Waals surface area contributed by atoms with Crippen molar-refractivity contribution in [2.45, 2.75) is 33.1 Å². The molecule has 1 heteroatoms. The molecule has 58 valence electrons. The molecule has 0 aromatic carbocycles. The Hall–Kier alpha value is 0.290. The van der Waals surface area contributed by atoms with E-state index in [9.17, 15) is 0 Å². The van der Waals surface area contributed by atoms with Crippen molar-refractivity contribution in [3.05, 3.63) is 0 Å². The minimum Gasteiger partial charge on any atom is -0.126 e. The number of alkyl halides is 1. The first-order chi connectivity index (χ1) is 4.63. The number of halogens is 1. The van der Waals surface area contributed by atoms with Gasteiger partial charge in [0.1, 0.15) is 0 Å². The molecule has 0 aromatic heterocycles. The van der Waals surface area contributed by atoms with Gasteiger partial charge in [0.05, 0.1) is 0 Å². The summed E-state index contributed by atoms with van der Waals surface area (Å²) in [6.45, 7) is 4.69. The highest BCUT2D eigenvalue weighted by Crippen LogP contribution is 2.76. The van der Waals surface area contributed by atoms with Crippen molar-refractivity contribution in [3.8, 4) is 0 Å². The topological polar surface area (TPSA) is 0 Å². The molecule has 2 bridgehead atoms. The highest BCUT2D eigenvalue weighted by atomic mass is 35.5. The molecule has 0 spiro atoms. The van der Waals surface area contributed by atoms with Crippen molar-refractivity contribution in [2.24, 2.45) is 16.7 Å². The van der Waals surface area contributed by atoms with Gasteiger partial charge in [0, 0.05) is 5.88 Å². The molecular formula is C9H15Cl. The lowest BCUT2D eigenvalue weighted by atomic mass is 9.33. The molecule has 0 aromatic rings. The van der Waals surface area contributed by atoms with Gasteiger partial charge in [0.15, 0.2) is 0 Å². The molecule has 0 unspecified atom stereocenters. The van der Waals surface area contributed by atoms with Gasteiger partial charge in [-0.05, 0) is 36.0 Å². The zero-order valence-corrected chi connectivity index (χ0v) is 7.54. The maximum Gasteiger partial charge on any atom is 0.0280 e. The molecule has 0 nitrogen and oxygen atoms in total. The van der Waals surface area contributed by atoms with E-state index in [1.165, 1.54) is 19.3 Å². The first-order valence-electron chi connectivity index (χ1n) is 4.19. The van der Waals surface area contributed by atoms with Gasteiger partial charge in [-0.15, -0.1) is 11.6 Å². The van der Waals surface area contributed by atoms with Crippen LogP contribution in [-0.2, 0) is 0 Å². The van der Waals surface area contributed by atoms with Crippen LogP contribution in [-0.4, -0.2) is 5.88 Å². The Morgan fingerprint density at radius 3 is 2.10 bits per heavy atom. The van der Waals surface area contributed by atoms with Crippen molar-refractivity contribution in [2.75, 3.05) is 5.88 Å². The van der Waals surface area contributed by atoms with E-state index >= 15 is 0 Å². The fourth-order valence-electron chi connectivity index (χ4n) is 2.84. The summed E-state index contributed by atoms with van der Waals surface area (Å²) in [6.07, 6.45) is 4.25. The fourth-order valence-corrected chi connectivity index (χ4v) is 3.12. The van der Waals surface area contributed by atoms with Crippen molar-refractivity contribution >= 4 is 11.6 Å². The second-order valence-electron chi connectivity index (χ2n) is 4.68. The largest absolute Gasteiger partial charge is 0.126 e. The third-order valence-corrected chi connectivity index (χ3v) is 4.26. The van der Waals surface area contributed by atoms with Gasteiger partial charge in [-0.25, -0.2) is 0 Å². The predicted octanol–water partition coefficient (Wildman–Crippen LogP) is 3.05. The lowest BCUT2D eigenvalue weighted by Gasteiger charge is -2.72. The summed E-state index contributed by atoms with van der Waals surface area (Å²) < 4.78 is 0. The predicted molar refractivity (Wildman–Crippen MR) is 44.3 cm³/mol. The van der Waals surface area contributed by atoms with Crippen LogP contribution in [0.25, 0.3) is 0 Å². The Kier molecular flexibility index (Phi) is 1.20. The second kappa shape index (κ2) is 1.72. The van der Waals surface area contributed by atoms with Crippen LogP contribution in [0.3, 0.4) is 0 Å². The van der Waals surface area contributed by atoms with Crippen molar-refractivity contribution in [1.29, 1.82) is 0 Å². The third-order valence-electron chi connectivity index (χ3n) is 3.69. The van der Waals surface area contributed by atoms with E-state index in [4.69, 9.17) is 11.6 Å². The molecule has 3 rings (SSSR count). The quantitative estimate of drug-likeness (QED) is 0.542. The van der Waals surface area contributed by atoms with E-state index in [0.29, 0.717) is 5.41 Å². The highest BCUT2D eigenvalue weighted by Gasteiger charge is 2.67. The van der Waals surface area contributed by atoms with Crippen LogP contribution in [0.5, 0.6) is 0 Å². The van der Waals surface area contributed by atoms with Gasteiger partial charge in [0.2, 0.25) is 0 Å². The summed E-state index contributed by atoms with van der Waals surface area (Å²) in [4.78, 5) is 0. The lowest BCUT2D eigenvalue weighted by molar-refractivity contribution is -0.214. The summed E-state index contributed by atoms with van der Waals surface area (Å²) in [5.41, 5.74) is 1.36. The van der Waals surface area contributed by atoms with E-state index in [1.807, 2.05) is 0 Å². The van der Waals surface area contributed by atoms with Crippen molar-refractivity contribution < 1.29 is 0 Å². The van der Waals surface area contributed by atoms with Crippen LogP contribution in [0.15, 0.2) is 0 Å². The zero-order valence-electron chi connectivity index (χ0n) is 6.78. The van der Waals surface area contributed by atoms with Gasteiger partial charge in [-0.2, -0.15) is 0 Å². The van der Waals surface area contributed by atoms with Crippen molar-refractivity contribution in [3.63, 3.8) is 0 Å². The SMILES string of the molecule is CC(C)C12CC(CCl)(C1)C2. The monoisotopic (exact) mass is 158 g/mol. The zero-order chi connectivity index (χ0) is 7.41. The summed E-state index contributed by atoms with van der Waals surface area (Å²) in [6, 6.07) is 0. The molecule has 0 aliphatic heterocycles. The third kappa shape index (κ3) is 0.592. The van der Waals surface area contributed by atoms with Crippen LogP contribution in [0.1, 0.15) is 33.1 Å². The van der Waals surface area contributed by atoms with E-state index in [1.54, 1.807) is 0 Å². The standard InChI is InChI=1S/C9H15Cl/c1-7(2)9-3-8(4-9,5-9)6-10/h7H,3-6H2,1-2H3. The van der Waals surface area contributed by atoms with Crippen LogP contribution < -0.4 is 0 Å². The van der Waals surface area contributed by atoms with E-state index < -0.39 is 0 Å². The Labute approximate surface area is 68.0 Å². The number of hydrogen-bond donors (Lipinski definition) is 0. The molecule has 3 saturated carbocycles. The summed E-state index contributed by atoms with van der Waals surface area (Å²) in [5, 5.41) is 0. The molecule has 3 aliphatic rings. The molecule has 0 saturated heterocycles. The van der Waals surface area contributed by atoms with Gasteiger partial charge >= 0.3 is 0 Å². The molecule has 0 atom stereocenters. The maximum atomic E-state index is 5.85. The van der Waals surface area contributed by atoms with E-state index in [0.717, 1.165) is 17.2 Å².